The summed E-state index contributed by atoms with van der Waals surface area (Å²) >= 11 is 5.81. The predicted octanol–water partition coefficient (Wildman–Crippen LogP) is 4.54. The van der Waals surface area contributed by atoms with Crippen molar-refractivity contribution in [1.82, 2.24) is 0 Å². The van der Waals surface area contributed by atoms with Gasteiger partial charge >= 0.3 is 5.51 Å². The number of halogens is 4. The van der Waals surface area contributed by atoms with Crippen LogP contribution in [0, 0.1) is 5.92 Å². The molecule has 1 aromatic rings. The Balaban J connectivity index is 1.99. The standard InChI is InChI=1S/C14H15ClF3N2O3S/c15-12-5-6-13(20-24(21,22)14(16,17)18)11(8-12)2-1-7-19-23-9-10-3-4-10/h5-8,10H,1-4,9H2/q-1. The van der Waals surface area contributed by atoms with Gasteiger partial charge in [-0.1, -0.05) is 28.4 Å². The third kappa shape index (κ3) is 5.55. The lowest BCUT2D eigenvalue weighted by molar-refractivity contribution is -0.0425. The van der Waals surface area contributed by atoms with Gasteiger partial charge < -0.3 is 9.56 Å². The molecule has 0 N–H and O–H groups in total. The number of hydrogen-bond acceptors (Lipinski definition) is 4. The van der Waals surface area contributed by atoms with Crippen molar-refractivity contribution in [1.29, 1.82) is 0 Å². The van der Waals surface area contributed by atoms with Crippen molar-refractivity contribution >= 4 is 33.5 Å². The molecular formula is C14H15ClF3N2O3S-. The Bertz CT molecular complexity index is 704. The highest BCUT2D eigenvalue weighted by Gasteiger charge is 2.39. The normalized spacial score (nSPS) is 15.7. The molecule has 0 heterocycles. The quantitative estimate of drug-likeness (QED) is 0.488. The van der Waals surface area contributed by atoms with Gasteiger partial charge in [0.1, 0.15) is 6.61 Å². The van der Waals surface area contributed by atoms with E-state index in [0.29, 0.717) is 18.9 Å². The first kappa shape index (κ1) is 18.9. The Kier molecular flexibility index (Phi) is 5.97. The predicted molar refractivity (Wildman–Crippen MR) is 84.9 cm³/mol. The van der Waals surface area contributed by atoms with E-state index < -0.39 is 15.5 Å². The van der Waals surface area contributed by atoms with Crippen molar-refractivity contribution in [3.8, 4) is 0 Å². The average molecular weight is 384 g/mol. The van der Waals surface area contributed by atoms with Crippen molar-refractivity contribution in [3.63, 3.8) is 0 Å². The molecule has 2 rings (SSSR count). The summed E-state index contributed by atoms with van der Waals surface area (Å²) in [7, 11) is -5.60. The number of rotatable bonds is 8. The molecule has 0 unspecified atom stereocenters. The van der Waals surface area contributed by atoms with Crippen molar-refractivity contribution < 1.29 is 26.4 Å². The second-order valence-electron chi connectivity index (χ2n) is 5.35. The van der Waals surface area contributed by atoms with Crippen LogP contribution in [0.1, 0.15) is 24.8 Å². The van der Waals surface area contributed by atoms with Crippen molar-refractivity contribution in [2.75, 3.05) is 6.61 Å². The molecule has 134 valence electrons. The first-order valence-electron chi connectivity index (χ1n) is 7.15. The molecule has 24 heavy (non-hydrogen) atoms. The highest BCUT2D eigenvalue weighted by molar-refractivity contribution is 7.95. The molecule has 1 aliphatic carbocycles. The van der Waals surface area contributed by atoms with Crippen LogP contribution >= 0.6 is 11.6 Å². The number of alkyl halides is 3. The van der Waals surface area contributed by atoms with Gasteiger partial charge in [0.05, 0.1) is 0 Å². The minimum Gasteiger partial charge on any atom is -0.569 e. The Morgan fingerprint density at radius 2 is 2.08 bits per heavy atom. The molecule has 0 aliphatic heterocycles. The third-order valence-corrected chi connectivity index (χ3v) is 4.51. The molecule has 5 nitrogen and oxygen atoms in total. The zero-order valence-corrected chi connectivity index (χ0v) is 14.0. The Morgan fingerprint density at radius 1 is 1.38 bits per heavy atom. The van der Waals surface area contributed by atoms with Gasteiger partial charge in [0.25, 0.3) is 0 Å². The summed E-state index contributed by atoms with van der Waals surface area (Å²) < 4.78 is 62.5. The van der Waals surface area contributed by atoms with E-state index in [1.165, 1.54) is 18.3 Å². The highest BCUT2D eigenvalue weighted by Crippen LogP contribution is 2.37. The van der Waals surface area contributed by atoms with E-state index in [-0.39, 0.29) is 22.7 Å². The maximum Gasteiger partial charge on any atom is 0.483 e. The van der Waals surface area contributed by atoms with Gasteiger partial charge in [0.2, 0.25) is 0 Å². The minimum absolute atomic E-state index is 0.225. The minimum atomic E-state index is -5.60. The highest BCUT2D eigenvalue weighted by atomic mass is 35.5. The van der Waals surface area contributed by atoms with Crippen LogP contribution in [0.5, 0.6) is 0 Å². The van der Waals surface area contributed by atoms with Crippen LogP contribution in [0.4, 0.5) is 18.9 Å². The first-order valence-corrected chi connectivity index (χ1v) is 8.97. The molecular weight excluding hydrogens is 369 g/mol. The molecule has 0 aromatic heterocycles. The van der Waals surface area contributed by atoms with Crippen LogP contribution in [0.25, 0.3) is 4.72 Å². The van der Waals surface area contributed by atoms with E-state index in [9.17, 15) is 21.6 Å². The van der Waals surface area contributed by atoms with Gasteiger partial charge in [0.15, 0.2) is 10.0 Å². The molecule has 1 saturated carbocycles. The van der Waals surface area contributed by atoms with E-state index in [2.05, 4.69) is 9.88 Å². The monoisotopic (exact) mass is 383 g/mol. The molecule has 0 spiro atoms. The van der Waals surface area contributed by atoms with Crippen LogP contribution in [0.2, 0.25) is 5.02 Å². The topological polar surface area (TPSA) is 69.8 Å². The van der Waals surface area contributed by atoms with Crippen molar-refractivity contribution in [2.24, 2.45) is 11.1 Å². The van der Waals surface area contributed by atoms with E-state index in [4.69, 9.17) is 16.4 Å². The van der Waals surface area contributed by atoms with Crippen LogP contribution < -0.4 is 0 Å². The summed E-state index contributed by atoms with van der Waals surface area (Å²) in [4.78, 5) is 5.05. The number of hydrogen-bond donors (Lipinski definition) is 0. The lowest BCUT2D eigenvalue weighted by Crippen LogP contribution is -2.21. The summed E-state index contributed by atoms with van der Waals surface area (Å²) in [6.45, 7) is 0.554. The molecule has 1 aliphatic rings. The zero-order valence-electron chi connectivity index (χ0n) is 12.5. The molecule has 0 atom stereocenters. The van der Waals surface area contributed by atoms with Gasteiger partial charge in [-0.3, -0.25) is 0 Å². The fourth-order valence-electron chi connectivity index (χ4n) is 1.78. The van der Waals surface area contributed by atoms with Crippen molar-refractivity contribution in [2.45, 2.75) is 31.2 Å². The summed E-state index contributed by atoms with van der Waals surface area (Å²) in [5.74, 6) is 0.563. The largest absolute Gasteiger partial charge is 0.569 e. The Morgan fingerprint density at radius 3 is 2.71 bits per heavy atom. The van der Waals surface area contributed by atoms with Crippen LogP contribution in [0.3, 0.4) is 0 Å². The van der Waals surface area contributed by atoms with Crippen LogP contribution in [-0.2, 0) is 21.3 Å². The molecule has 10 heteroatoms. The third-order valence-electron chi connectivity index (χ3n) is 3.25. The molecule has 0 saturated heterocycles. The number of nitrogens with zero attached hydrogens (tertiary/aromatic N) is 2. The number of aryl methyl sites for hydroxylation is 1. The molecule has 0 bridgehead atoms. The number of oxime groups is 1. The molecule has 0 radical (unpaired) electrons. The van der Waals surface area contributed by atoms with E-state index in [0.717, 1.165) is 18.9 Å². The smallest absolute Gasteiger partial charge is 0.483 e. The summed E-state index contributed by atoms with van der Waals surface area (Å²) in [6, 6.07) is 3.80. The lowest BCUT2D eigenvalue weighted by atomic mass is 10.1. The van der Waals surface area contributed by atoms with Gasteiger partial charge in [-0.05, 0) is 43.7 Å². The second-order valence-corrected chi connectivity index (χ2v) is 7.38. The van der Waals surface area contributed by atoms with E-state index in [1.807, 2.05) is 0 Å². The molecule has 1 fully saturated rings. The Labute approximate surface area is 142 Å². The van der Waals surface area contributed by atoms with Crippen molar-refractivity contribution in [3.05, 3.63) is 33.5 Å². The van der Waals surface area contributed by atoms with Crippen LogP contribution in [0.15, 0.2) is 23.4 Å². The SMILES string of the molecule is O=S(=O)([N-]c1ccc(Cl)cc1CCC=NOCC1CC1)C(F)(F)F. The first-order chi connectivity index (χ1) is 11.2. The van der Waals surface area contributed by atoms with Gasteiger partial charge in [-0.2, -0.15) is 13.2 Å². The molecule has 1 aromatic carbocycles. The van der Waals surface area contributed by atoms with Crippen LogP contribution in [-0.4, -0.2) is 26.7 Å². The Hall–Kier alpha value is -1.48. The van der Waals surface area contributed by atoms with E-state index in [1.54, 1.807) is 0 Å². The summed E-state index contributed by atoms with van der Waals surface area (Å²) in [5.41, 5.74) is -5.45. The second kappa shape index (κ2) is 7.60. The van der Waals surface area contributed by atoms with Gasteiger partial charge in [-0.25, -0.2) is 8.42 Å². The van der Waals surface area contributed by atoms with E-state index >= 15 is 0 Å². The molecule has 0 amide bonds. The number of sulfonamides is 1. The fourth-order valence-corrected chi connectivity index (χ4v) is 2.52. The van der Waals surface area contributed by atoms with Gasteiger partial charge in [-0.15, -0.1) is 5.69 Å². The van der Waals surface area contributed by atoms with Gasteiger partial charge in [0, 0.05) is 11.2 Å². The lowest BCUT2D eigenvalue weighted by Gasteiger charge is -2.26. The average Bonchev–Trinajstić information content (AvgIpc) is 3.28. The maximum absolute atomic E-state index is 12.4. The summed E-state index contributed by atoms with van der Waals surface area (Å²) in [5, 5.41) is 4.02. The maximum atomic E-state index is 12.4. The fraction of sp³-hybridized carbons (Fsp3) is 0.500. The number of benzene rings is 1. The zero-order chi connectivity index (χ0) is 17.8. The summed E-state index contributed by atoms with van der Waals surface area (Å²) in [6.07, 6.45) is 4.32.